The second kappa shape index (κ2) is 3.13. The van der Waals surface area contributed by atoms with Crippen LogP contribution < -0.4 is 0 Å². The van der Waals surface area contributed by atoms with Gasteiger partial charge in [0.25, 0.3) is 0 Å². The summed E-state index contributed by atoms with van der Waals surface area (Å²) in [5, 5.41) is 10.4. The highest BCUT2D eigenvalue weighted by molar-refractivity contribution is 9.10. The minimum absolute atomic E-state index is 0.0220. The minimum Gasteiger partial charge on any atom is -0.505 e. The normalized spacial score (nSPS) is 10.7. The van der Waals surface area contributed by atoms with E-state index in [0.29, 0.717) is 5.39 Å². The number of carbonyl (C=O) groups is 1. The summed E-state index contributed by atoms with van der Waals surface area (Å²) < 4.78 is 0.870. The molecule has 0 aliphatic heterocycles. The molecule has 0 aliphatic rings. The number of aromatic hydroxyl groups is 1. The van der Waals surface area contributed by atoms with Crippen molar-refractivity contribution in [3.63, 3.8) is 0 Å². The van der Waals surface area contributed by atoms with Gasteiger partial charge in [-0.1, -0.05) is 15.9 Å². The van der Waals surface area contributed by atoms with Gasteiger partial charge in [-0.3, -0.25) is 4.79 Å². The molecule has 1 aromatic carbocycles. The average Bonchev–Trinajstić information content (AvgIpc) is 2.44. The molecule has 2 aromatic rings. The Hall–Kier alpha value is -1.29. The number of aromatic nitrogens is 1. The number of fused-ring (bicyclic) bond motifs is 1. The van der Waals surface area contributed by atoms with E-state index in [1.54, 1.807) is 6.07 Å². The summed E-state index contributed by atoms with van der Waals surface area (Å²) in [6.45, 7) is 1.42. The van der Waals surface area contributed by atoms with Gasteiger partial charge in [-0.05, 0) is 18.2 Å². The van der Waals surface area contributed by atoms with Gasteiger partial charge in [0.2, 0.25) is 0 Å². The Labute approximate surface area is 88.9 Å². The number of ketones is 1. The molecule has 3 nitrogen and oxygen atoms in total. The molecule has 4 heteroatoms. The average molecular weight is 254 g/mol. The van der Waals surface area contributed by atoms with Gasteiger partial charge < -0.3 is 10.1 Å². The summed E-state index contributed by atoms with van der Waals surface area (Å²) in [4.78, 5) is 14.0. The van der Waals surface area contributed by atoms with E-state index in [-0.39, 0.29) is 17.2 Å². The number of aromatic amines is 1. The molecule has 0 saturated carbocycles. The highest BCUT2D eigenvalue weighted by atomic mass is 79.9. The summed E-state index contributed by atoms with van der Waals surface area (Å²) in [7, 11) is 0. The lowest BCUT2D eigenvalue weighted by Crippen LogP contribution is -1.91. The molecular weight excluding hydrogens is 246 g/mol. The highest BCUT2D eigenvalue weighted by Gasteiger charge is 2.13. The molecule has 0 atom stereocenters. The van der Waals surface area contributed by atoms with E-state index in [4.69, 9.17) is 0 Å². The summed E-state index contributed by atoms with van der Waals surface area (Å²) in [6.07, 6.45) is 0. The molecule has 0 unspecified atom stereocenters. The maximum Gasteiger partial charge on any atom is 0.179 e. The van der Waals surface area contributed by atoms with Gasteiger partial charge in [0.1, 0.15) is 5.69 Å². The predicted molar refractivity (Wildman–Crippen MR) is 57.7 cm³/mol. The number of nitrogens with one attached hydrogen (secondary N) is 1. The third-order valence-corrected chi connectivity index (χ3v) is 2.58. The zero-order chi connectivity index (χ0) is 10.3. The third-order valence-electron chi connectivity index (χ3n) is 2.09. The number of halogens is 1. The first kappa shape index (κ1) is 9.27. The second-order valence-electron chi connectivity index (χ2n) is 3.09. The Morgan fingerprint density at radius 1 is 1.50 bits per heavy atom. The monoisotopic (exact) mass is 253 g/mol. The van der Waals surface area contributed by atoms with Gasteiger partial charge in [-0.25, -0.2) is 0 Å². The van der Waals surface area contributed by atoms with Crippen molar-refractivity contribution < 1.29 is 9.90 Å². The summed E-state index contributed by atoms with van der Waals surface area (Å²) in [5.41, 5.74) is 1.02. The molecule has 0 saturated heterocycles. The molecule has 72 valence electrons. The number of rotatable bonds is 1. The minimum atomic E-state index is -0.171. The van der Waals surface area contributed by atoms with Crippen molar-refractivity contribution in [1.82, 2.24) is 4.98 Å². The van der Waals surface area contributed by atoms with E-state index in [1.165, 1.54) is 6.92 Å². The molecule has 0 spiro atoms. The van der Waals surface area contributed by atoms with Gasteiger partial charge in [0.15, 0.2) is 11.5 Å². The standard InChI is InChI=1S/C10H8BrNO2/c1-5(13)9-10(14)7-4-6(11)2-3-8(7)12-9/h2-4,12,14H,1H3. The molecule has 0 radical (unpaired) electrons. The van der Waals surface area contributed by atoms with Crippen molar-refractivity contribution >= 4 is 32.6 Å². The first-order valence-electron chi connectivity index (χ1n) is 4.10. The largest absolute Gasteiger partial charge is 0.505 e. The van der Waals surface area contributed by atoms with Crippen molar-refractivity contribution in [2.24, 2.45) is 0 Å². The van der Waals surface area contributed by atoms with Crippen molar-refractivity contribution in [2.45, 2.75) is 6.92 Å². The first-order chi connectivity index (χ1) is 6.59. The van der Waals surface area contributed by atoms with Crippen LogP contribution in [0.5, 0.6) is 5.75 Å². The van der Waals surface area contributed by atoms with Gasteiger partial charge in [0.05, 0.1) is 0 Å². The van der Waals surface area contributed by atoms with Crippen LogP contribution in [-0.2, 0) is 0 Å². The molecule has 1 heterocycles. The number of benzene rings is 1. The van der Waals surface area contributed by atoms with Gasteiger partial charge in [0, 0.05) is 22.3 Å². The van der Waals surface area contributed by atoms with Gasteiger partial charge in [-0.2, -0.15) is 0 Å². The molecular formula is C10H8BrNO2. The SMILES string of the molecule is CC(=O)c1[nH]c2ccc(Br)cc2c1O. The topological polar surface area (TPSA) is 53.1 Å². The van der Waals surface area contributed by atoms with Crippen LogP contribution in [0.3, 0.4) is 0 Å². The third kappa shape index (κ3) is 1.32. The lowest BCUT2D eigenvalue weighted by Gasteiger charge is -1.91. The summed E-state index contributed by atoms with van der Waals surface area (Å²) in [6, 6.07) is 5.43. The van der Waals surface area contributed by atoms with Crippen molar-refractivity contribution in [2.75, 3.05) is 0 Å². The number of hydrogen-bond acceptors (Lipinski definition) is 2. The Bertz CT molecular complexity index is 516. The number of carbonyl (C=O) groups excluding carboxylic acids is 1. The number of hydrogen-bond donors (Lipinski definition) is 2. The van der Waals surface area contributed by atoms with E-state index in [2.05, 4.69) is 20.9 Å². The van der Waals surface area contributed by atoms with Crippen LogP contribution in [0.4, 0.5) is 0 Å². The lowest BCUT2D eigenvalue weighted by atomic mass is 10.2. The van der Waals surface area contributed by atoms with Crippen LogP contribution in [0.1, 0.15) is 17.4 Å². The summed E-state index contributed by atoms with van der Waals surface area (Å²) >= 11 is 3.30. The molecule has 2 N–H and O–H groups in total. The maximum atomic E-state index is 11.1. The van der Waals surface area contributed by atoms with Gasteiger partial charge >= 0.3 is 0 Å². The van der Waals surface area contributed by atoms with Crippen LogP contribution in [0.2, 0.25) is 0 Å². The van der Waals surface area contributed by atoms with Crippen molar-refractivity contribution in [1.29, 1.82) is 0 Å². The van der Waals surface area contributed by atoms with E-state index in [0.717, 1.165) is 9.99 Å². The fourth-order valence-electron chi connectivity index (χ4n) is 1.40. The van der Waals surface area contributed by atoms with Crippen LogP contribution in [0, 0.1) is 0 Å². The van der Waals surface area contributed by atoms with Gasteiger partial charge in [-0.15, -0.1) is 0 Å². The Morgan fingerprint density at radius 2 is 2.21 bits per heavy atom. The highest BCUT2D eigenvalue weighted by Crippen LogP contribution is 2.31. The zero-order valence-electron chi connectivity index (χ0n) is 7.47. The fraction of sp³-hybridized carbons (Fsp3) is 0.100. The summed E-state index contributed by atoms with van der Waals surface area (Å²) in [5.74, 6) is -0.149. The lowest BCUT2D eigenvalue weighted by molar-refractivity contribution is 0.101. The number of Topliss-reactive ketones (excluding diaryl/α,β-unsaturated/α-hetero) is 1. The Kier molecular flexibility index (Phi) is 2.07. The molecule has 1 aromatic heterocycles. The molecule has 0 bridgehead atoms. The molecule has 14 heavy (non-hydrogen) atoms. The Balaban J connectivity index is 2.80. The van der Waals surface area contributed by atoms with Crippen LogP contribution in [0.25, 0.3) is 10.9 Å². The quantitative estimate of drug-likeness (QED) is 0.769. The van der Waals surface area contributed by atoms with E-state index >= 15 is 0 Å². The molecule has 0 fully saturated rings. The van der Waals surface area contributed by atoms with E-state index in [1.807, 2.05) is 12.1 Å². The van der Waals surface area contributed by atoms with Crippen LogP contribution in [0.15, 0.2) is 22.7 Å². The predicted octanol–water partition coefficient (Wildman–Crippen LogP) is 2.84. The van der Waals surface area contributed by atoms with Crippen molar-refractivity contribution in [3.05, 3.63) is 28.4 Å². The number of H-pyrrole nitrogens is 1. The Morgan fingerprint density at radius 3 is 2.86 bits per heavy atom. The van der Waals surface area contributed by atoms with Crippen LogP contribution >= 0.6 is 15.9 Å². The fourth-order valence-corrected chi connectivity index (χ4v) is 1.77. The smallest absolute Gasteiger partial charge is 0.179 e. The molecule has 0 aliphatic carbocycles. The van der Waals surface area contributed by atoms with E-state index < -0.39 is 0 Å². The van der Waals surface area contributed by atoms with Crippen LogP contribution in [-0.4, -0.2) is 15.9 Å². The maximum absolute atomic E-state index is 11.1. The zero-order valence-corrected chi connectivity index (χ0v) is 9.05. The van der Waals surface area contributed by atoms with E-state index in [9.17, 15) is 9.90 Å². The molecule has 2 rings (SSSR count). The van der Waals surface area contributed by atoms with Crippen molar-refractivity contribution in [3.8, 4) is 5.75 Å². The first-order valence-corrected chi connectivity index (χ1v) is 4.90. The molecule has 0 amide bonds. The second-order valence-corrected chi connectivity index (χ2v) is 4.01.